The van der Waals surface area contributed by atoms with Gasteiger partial charge in [0.2, 0.25) is 0 Å². The Morgan fingerprint density at radius 1 is 0.760 bits per heavy atom. The minimum atomic E-state index is 0.463. The molecule has 1 heterocycles. The molecule has 0 saturated heterocycles. The van der Waals surface area contributed by atoms with E-state index in [2.05, 4.69) is 23.2 Å². The predicted octanol–water partition coefficient (Wildman–Crippen LogP) is 5.10. The maximum absolute atomic E-state index is 10.9. The number of para-hydroxylation sites is 1. The van der Waals surface area contributed by atoms with Crippen molar-refractivity contribution in [2.24, 2.45) is 0 Å². The second-order valence-electron chi connectivity index (χ2n) is 5.67. The van der Waals surface area contributed by atoms with Crippen molar-refractivity contribution in [2.45, 2.75) is 0 Å². The van der Waals surface area contributed by atoms with Crippen LogP contribution in [0.5, 0.6) is 5.75 Å². The Bertz CT molecular complexity index is 1040. The van der Waals surface area contributed by atoms with Gasteiger partial charge in [-0.05, 0) is 41.0 Å². The van der Waals surface area contributed by atoms with E-state index in [0.29, 0.717) is 12.2 Å². The fourth-order valence-electron chi connectivity index (χ4n) is 3.04. The van der Waals surface area contributed by atoms with Crippen LogP contribution in [0.15, 0.2) is 85.1 Å². The molecule has 0 saturated carbocycles. The lowest BCUT2D eigenvalue weighted by Gasteiger charge is -2.12. The monoisotopic (exact) mass is 325 g/mol. The highest BCUT2D eigenvalue weighted by Crippen LogP contribution is 2.37. The van der Waals surface area contributed by atoms with Crippen LogP contribution in [-0.4, -0.2) is 11.5 Å². The molecule has 3 nitrogen and oxygen atoms in total. The number of hydrogen-bond acceptors (Lipinski definition) is 3. The highest BCUT2D eigenvalue weighted by molar-refractivity contribution is 5.96. The summed E-state index contributed by atoms with van der Waals surface area (Å²) in [7, 11) is 0. The van der Waals surface area contributed by atoms with Gasteiger partial charge in [0.15, 0.2) is 0 Å². The lowest BCUT2D eigenvalue weighted by Crippen LogP contribution is -1.94. The number of hydrogen-bond donors (Lipinski definition) is 0. The van der Waals surface area contributed by atoms with Gasteiger partial charge in [0.25, 0.3) is 6.47 Å². The van der Waals surface area contributed by atoms with Crippen LogP contribution in [0.4, 0.5) is 0 Å². The van der Waals surface area contributed by atoms with Crippen LogP contribution < -0.4 is 4.74 Å². The Morgan fingerprint density at radius 2 is 1.56 bits per heavy atom. The van der Waals surface area contributed by atoms with E-state index in [0.717, 1.165) is 33.2 Å². The molecule has 0 aliphatic heterocycles. The first-order valence-corrected chi connectivity index (χ1v) is 8.01. The average molecular weight is 325 g/mol. The molecule has 0 bridgehead atoms. The summed E-state index contributed by atoms with van der Waals surface area (Å²) in [5.41, 5.74) is 4.93. The molecule has 0 unspecified atom stereocenters. The molecule has 0 atom stereocenters. The van der Waals surface area contributed by atoms with Crippen molar-refractivity contribution in [1.29, 1.82) is 0 Å². The van der Waals surface area contributed by atoms with Crippen LogP contribution in [-0.2, 0) is 4.79 Å². The van der Waals surface area contributed by atoms with E-state index in [1.165, 1.54) is 0 Å². The van der Waals surface area contributed by atoms with E-state index in [9.17, 15) is 4.79 Å². The van der Waals surface area contributed by atoms with Crippen molar-refractivity contribution in [1.82, 2.24) is 4.98 Å². The molecule has 0 fully saturated rings. The minimum absolute atomic E-state index is 0.463. The first-order valence-electron chi connectivity index (χ1n) is 8.01. The first-order chi connectivity index (χ1) is 12.4. The van der Waals surface area contributed by atoms with Gasteiger partial charge in [-0.2, -0.15) is 0 Å². The molecule has 3 aromatic carbocycles. The van der Waals surface area contributed by atoms with E-state index in [1.807, 2.05) is 60.7 Å². The number of fused-ring (bicyclic) bond motifs is 1. The smallest absolute Gasteiger partial charge is 0.298 e. The zero-order chi connectivity index (χ0) is 17.1. The van der Waals surface area contributed by atoms with Crippen LogP contribution >= 0.6 is 0 Å². The Hall–Kier alpha value is -3.46. The van der Waals surface area contributed by atoms with Crippen molar-refractivity contribution in [3.63, 3.8) is 0 Å². The highest BCUT2D eigenvalue weighted by Gasteiger charge is 2.12. The standard InChI is InChI=1S/C22H15NO2/c24-15-25-22-11-10-17(16-6-2-1-3-7-16)14-20(22)18-12-13-23-21-9-5-4-8-19(18)21/h1-15H. The molecule has 3 heteroatoms. The number of benzene rings is 3. The second-order valence-corrected chi connectivity index (χ2v) is 5.67. The maximum atomic E-state index is 10.9. The third-order valence-electron chi connectivity index (χ3n) is 4.20. The maximum Gasteiger partial charge on any atom is 0.298 e. The molecule has 4 rings (SSSR count). The molecular weight excluding hydrogens is 310 g/mol. The van der Waals surface area contributed by atoms with Crippen molar-refractivity contribution in [2.75, 3.05) is 0 Å². The Morgan fingerprint density at radius 3 is 2.40 bits per heavy atom. The lowest BCUT2D eigenvalue weighted by molar-refractivity contribution is -0.120. The molecule has 1 aromatic heterocycles. The van der Waals surface area contributed by atoms with E-state index < -0.39 is 0 Å². The molecule has 0 radical (unpaired) electrons. The predicted molar refractivity (Wildman–Crippen MR) is 99.3 cm³/mol. The van der Waals surface area contributed by atoms with Gasteiger partial charge in [-0.15, -0.1) is 0 Å². The van der Waals surface area contributed by atoms with Gasteiger partial charge < -0.3 is 4.74 Å². The topological polar surface area (TPSA) is 39.2 Å². The molecule has 0 N–H and O–H groups in total. The van der Waals surface area contributed by atoms with Crippen molar-refractivity contribution in [3.8, 4) is 28.0 Å². The third-order valence-corrected chi connectivity index (χ3v) is 4.20. The first kappa shape index (κ1) is 15.1. The lowest BCUT2D eigenvalue weighted by atomic mass is 9.96. The molecule has 120 valence electrons. The largest absolute Gasteiger partial charge is 0.428 e. The number of ether oxygens (including phenoxy) is 1. The zero-order valence-corrected chi connectivity index (χ0v) is 13.4. The summed E-state index contributed by atoms with van der Waals surface area (Å²) in [5, 5.41) is 1.02. The highest BCUT2D eigenvalue weighted by atomic mass is 16.5. The number of nitrogens with zero attached hydrogens (tertiary/aromatic N) is 1. The Labute approximate surface area is 145 Å². The van der Waals surface area contributed by atoms with Crippen molar-refractivity contribution in [3.05, 3.63) is 85.1 Å². The summed E-state index contributed by atoms with van der Waals surface area (Å²) in [6.07, 6.45) is 1.78. The molecule has 0 spiro atoms. The van der Waals surface area contributed by atoms with E-state index in [-0.39, 0.29) is 0 Å². The Balaban J connectivity index is 1.96. The van der Waals surface area contributed by atoms with Crippen molar-refractivity contribution < 1.29 is 9.53 Å². The van der Waals surface area contributed by atoms with Crippen LogP contribution in [0.25, 0.3) is 33.2 Å². The summed E-state index contributed by atoms with van der Waals surface area (Å²) in [5.74, 6) is 0.533. The summed E-state index contributed by atoms with van der Waals surface area (Å²) >= 11 is 0. The number of carbonyl (C=O) groups is 1. The second kappa shape index (κ2) is 6.57. The summed E-state index contributed by atoms with van der Waals surface area (Å²) in [4.78, 5) is 15.4. The molecular formula is C22H15NO2. The molecule has 0 aliphatic carbocycles. The number of carbonyl (C=O) groups excluding carboxylic acids is 1. The van der Waals surface area contributed by atoms with Crippen LogP contribution in [0.3, 0.4) is 0 Å². The fraction of sp³-hybridized carbons (Fsp3) is 0. The van der Waals surface area contributed by atoms with E-state index in [1.54, 1.807) is 6.20 Å². The van der Waals surface area contributed by atoms with Gasteiger partial charge in [0.1, 0.15) is 5.75 Å². The molecule has 0 amide bonds. The quantitative estimate of drug-likeness (QED) is 0.490. The van der Waals surface area contributed by atoms with Crippen LogP contribution in [0, 0.1) is 0 Å². The van der Waals surface area contributed by atoms with Gasteiger partial charge >= 0.3 is 0 Å². The van der Waals surface area contributed by atoms with E-state index in [4.69, 9.17) is 4.74 Å². The average Bonchev–Trinajstić information content (AvgIpc) is 2.69. The molecule has 0 aliphatic rings. The molecule has 4 aromatic rings. The summed E-state index contributed by atoms with van der Waals surface area (Å²) in [6.45, 7) is 0.463. The van der Waals surface area contributed by atoms with Crippen molar-refractivity contribution >= 4 is 17.4 Å². The van der Waals surface area contributed by atoms with E-state index >= 15 is 0 Å². The number of aromatic nitrogens is 1. The number of pyridine rings is 1. The fourth-order valence-corrected chi connectivity index (χ4v) is 3.04. The zero-order valence-electron chi connectivity index (χ0n) is 13.4. The summed E-state index contributed by atoms with van der Waals surface area (Å²) < 4.78 is 5.23. The van der Waals surface area contributed by atoms with Gasteiger partial charge in [-0.25, -0.2) is 0 Å². The normalized spacial score (nSPS) is 10.6. The third kappa shape index (κ3) is 2.88. The van der Waals surface area contributed by atoms with Gasteiger partial charge in [0.05, 0.1) is 5.52 Å². The SMILES string of the molecule is O=COc1ccc(-c2ccccc2)cc1-c1ccnc2ccccc12. The van der Waals surface area contributed by atoms with Crippen LogP contribution in [0.2, 0.25) is 0 Å². The van der Waals surface area contributed by atoms with Gasteiger partial charge in [-0.3, -0.25) is 9.78 Å². The van der Waals surface area contributed by atoms with Crippen LogP contribution in [0.1, 0.15) is 0 Å². The summed E-state index contributed by atoms with van der Waals surface area (Å²) in [6, 6.07) is 25.9. The Kier molecular flexibility index (Phi) is 3.97. The van der Waals surface area contributed by atoms with Gasteiger partial charge in [0, 0.05) is 17.1 Å². The van der Waals surface area contributed by atoms with Gasteiger partial charge in [-0.1, -0.05) is 54.6 Å². The number of rotatable bonds is 4. The minimum Gasteiger partial charge on any atom is -0.428 e. The molecule has 25 heavy (non-hydrogen) atoms.